The van der Waals surface area contributed by atoms with Crippen molar-refractivity contribution in [3.05, 3.63) is 139 Å². The monoisotopic (exact) mass is 707 g/mol. The highest BCUT2D eigenvalue weighted by Crippen LogP contribution is 2.46. The van der Waals surface area contributed by atoms with Gasteiger partial charge in [0, 0.05) is 29.9 Å². The van der Waals surface area contributed by atoms with Crippen LogP contribution in [0.25, 0.3) is 11.2 Å². The van der Waals surface area contributed by atoms with E-state index in [1.54, 1.807) is 102 Å². The predicted molar refractivity (Wildman–Crippen MR) is 182 cm³/mol. The maximum atomic E-state index is 13.9. The average molecular weight is 708 g/mol. The summed E-state index contributed by atoms with van der Waals surface area (Å²) in [6, 6.07) is 25.0. The maximum absolute atomic E-state index is 13.9. The van der Waals surface area contributed by atoms with E-state index in [0.29, 0.717) is 5.56 Å². The molecule has 3 aromatic heterocycles. The molecule has 0 spiro atoms. The fraction of sp³-hybridized carbons (Fsp3) is 0.171. The summed E-state index contributed by atoms with van der Waals surface area (Å²) in [6.45, 7) is 1.13. The molecule has 1 N–H and O–H groups in total. The highest BCUT2D eigenvalue weighted by Gasteiger charge is 2.42. The number of ether oxygens (including phenoxy) is 2. The first-order chi connectivity index (χ1) is 24.7. The van der Waals surface area contributed by atoms with Crippen LogP contribution < -0.4 is 4.90 Å². The molecule has 7 rings (SSSR count). The molecule has 4 unspecified atom stereocenters. The predicted octanol–water partition coefficient (Wildman–Crippen LogP) is 5.00. The molecular weight excluding hydrogens is 677 g/mol. The second kappa shape index (κ2) is 14.2. The number of aromatic nitrogens is 6. The lowest BCUT2D eigenvalue weighted by molar-refractivity contribution is -0.0470. The van der Waals surface area contributed by atoms with E-state index < -0.39 is 50.6 Å². The Bertz CT molecular complexity index is 2200. The Hall–Kier alpha value is -5.86. The molecule has 3 aromatic carbocycles. The molecular formula is C35H30N7O8P. The molecule has 0 aliphatic carbocycles. The summed E-state index contributed by atoms with van der Waals surface area (Å²) in [5, 5.41) is 0. The molecule has 258 valence electrons. The Balaban J connectivity index is 1.22. The molecule has 15 nitrogen and oxygen atoms in total. The van der Waals surface area contributed by atoms with E-state index in [2.05, 4.69) is 19.9 Å². The molecule has 6 aromatic rings. The zero-order valence-corrected chi connectivity index (χ0v) is 27.9. The zero-order valence-electron chi connectivity index (χ0n) is 27.0. The summed E-state index contributed by atoms with van der Waals surface area (Å²) < 4.78 is 33.3. The number of carbonyl (C=O) groups is 3. The van der Waals surface area contributed by atoms with Crippen molar-refractivity contribution in [3.63, 3.8) is 0 Å². The van der Waals surface area contributed by atoms with Gasteiger partial charge in [-0.2, -0.15) is 0 Å². The number of aryl methyl sites for hydroxylation is 1. The number of anilines is 1. The van der Waals surface area contributed by atoms with Crippen LogP contribution in [-0.4, -0.2) is 70.3 Å². The van der Waals surface area contributed by atoms with Crippen LogP contribution in [0.2, 0.25) is 0 Å². The summed E-state index contributed by atoms with van der Waals surface area (Å²) in [6.07, 6.45) is 2.60. The lowest BCUT2D eigenvalue weighted by atomic mass is 10.1. The van der Waals surface area contributed by atoms with Crippen molar-refractivity contribution in [2.45, 2.75) is 31.8 Å². The maximum Gasteiger partial charge on any atom is 0.437 e. The second-order valence-electron chi connectivity index (χ2n) is 11.5. The smallest absolute Gasteiger partial charge is 0.437 e. The number of nitrogens with zero attached hydrogens (tertiary/aromatic N) is 7. The highest BCUT2D eigenvalue weighted by atomic mass is 31.2. The number of benzene rings is 3. The van der Waals surface area contributed by atoms with Crippen molar-refractivity contribution in [3.8, 4) is 0 Å². The van der Waals surface area contributed by atoms with Crippen LogP contribution in [0, 0.1) is 6.92 Å². The summed E-state index contributed by atoms with van der Waals surface area (Å²) in [5.74, 6) is -1.65. The number of hydrogen-bond acceptors (Lipinski definition) is 11. The lowest BCUT2D eigenvalue weighted by Crippen LogP contribution is -2.38. The van der Waals surface area contributed by atoms with E-state index in [1.165, 1.54) is 25.0 Å². The van der Waals surface area contributed by atoms with Crippen molar-refractivity contribution in [2.24, 2.45) is 0 Å². The first kappa shape index (κ1) is 33.6. The van der Waals surface area contributed by atoms with E-state index in [-0.39, 0.29) is 40.4 Å². The Morgan fingerprint density at radius 3 is 2.08 bits per heavy atom. The fourth-order valence-electron chi connectivity index (χ4n) is 5.71. The third kappa shape index (κ3) is 6.83. The molecule has 0 radical (unpaired) electrons. The van der Waals surface area contributed by atoms with Gasteiger partial charge in [0.05, 0.1) is 18.5 Å². The van der Waals surface area contributed by atoms with E-state index in [1.807, 2.05) is 0 Å². The molecule has 4 heterocycles. The largest absolute Gasteiger partial charge is 0.456 e. The van der Waals surface area contributed by atoms with Crippen LogP contribution in [0.5, 0.6) is 0 Å². The number of carbonyl (C=O) groups excluding carboxylic acids is 3. The van der Waals surface area contributed by atoms with E-state index >= 15 is 0 Å². The van der Waals surface area contributed by atoms with Gasteiger partial charge in [-0.05, 0) is 43.3 Å². The minimum absolute atomic E-state index is 0.0525. The molecule has 1 aliphatic heterocycles. The number of imide groups is 1. The fourth-order valence-corrected chi connectivity index (χ4v) is 6.83. The molecule has 0 bridgehead atoms. The van der Waals surface area contributed by atoms with Crippen LogP contribution >= 0.6 is 7.75 Å². The van der Waals surface area contributed by atoms with Crippen LogP contribution in [-0.2, 0) is 18.6 Å². The van der Waals surface area contributed by atoms with Crippen molar-refractivity contribution in [1.82, 2.24) is 28.8 Å². The Kier molecular flexibility index (Phi) is 9.34. The molecule has 4 atom stereocenters. The SMILES string of the molecule is Cc1nccn1P(=O)(O)OCC1OC(n2cnc3c(N(C(=O)c4ccccc4)C(=O)c4ccccc4)ncnc32)CC1OC(=O)c1ccccc1. The van der Waals surface area contributed by atoms with Gasteiger partial charge in [-0.1, -0.05) is 54.6 Å². The Morgan fingerprint density at radius 2 is 1.49 bits per heavy atom. The van der Waals surface area contributed by atoms with E-state index in [0.717, 1.165) is 9.24 Å². The number of amides is 2. The van der Waals surface area contributed by atoms with Crippen LogP contribution in [0.1, 0.15) is 49.5 Å². The number of imidazole rings is 2. The summed E-state index contributed by atoms with van der Waals surface area (Å²) in [4.78, 5) is 69.8. The number of hydrogen-bond donors (Lipinski definition) is 1. The van der Waals surface area contributed by atoms with Crippen LogP contribution in [0.15, 0.2) is 116 Å². The van der Waals surface area contributed by atoms with Gasteiger partial charge in [0.2, 0.25) is 0 Å². The van der Waals surface area contributed by atoms with Crippen molar-refractivity contribution in [2.75, 3.05) is 11.5 Å². The highest BCUT2D eigenvalue weighted by molar-refractivity contribution is 7.51. The Labute approximate surface area is 290 Å². The number of rotatable bonds is 10. The van der Waals surface area contributed by atoms with Gasteiger partial charge in [0.15, 0.2) is 17.0 Å². The minimum atomic E-state index is -4.39. The van der Waals surface area contributed by atoms with Crippen molar-refractivity contribution < 1.29 is 37.8 Å². The summed E-state index contributed by atoms with van der Waals surface area (Å²) >= 11 is 0. The third-order valence-electron chi connectivity index (χ3n) is 8.24. The molecule has 51 heavy (non-hydrogen) atoms. The van der Waals surface area contributed by atoms with E-state index in [9.17, 15) is 23.8 Å². The summed E-state index contributed by atoms with van der Waals surface area (Å²) in [5.41, 5.74) is 1.16. The van der Waals surface area contributed by atoms with Gasteiger partial charge >= 0.3 is 13.7 Å². The van der Waals surface area contributed by atoms with Gasteiger partial charge in [-0.25, -0.2) is 38.5 Å². The van der Waals surface area contributed by atoms with Crippen LogP contribution in [0.4, 0.5) is 5.82 Å². The molecule has 16 heteroatoms. The topological polar surface area (TPSA) is 181 Å². The van der Waals surface area contributed by atoms with Gasteiger partial charge in [-0.3, -0.25) is 18.7 Å². The number of fused-ring (bicyclic) bond motifs is 1. The normalized spacial score (nSPS) is 18.3. The van der Waals surface area contributed by atoms with Crippen molar-refractivity contribution >= 4 is 42.5 Å². The molecule has 1 fully saturated rings. The van der Waals surface area contributed by atoms with Gasteiger partial charge in [-0.15, -0.1) is 0 Å². The van der Waals surface area contributed by atoms with Gasteiger partial charge < -0.3 is 14.4 Å². The second-order valence-corrected chi connectivity index (χ2v) is 13.1. The molecule has 1 saturated heterocycles. The zero-order chi connectivity index (χ0) is 35.5. The van der Waals surface area contributed by atoms with Gasteiger partial charge in [0.25, 0.3) is 11.8 Å². The Morgan fingerprint density at radius 1 is 0.882 bits per heavy atom. The quantitative estimate of drug-likeness (QED) is 0.115. The minimum Gasteiger partial charge on any atom is -0.456 e. The average Bonchev–Trinajstić information content (AvgIpc) is 3.90. The number of esters is 1. The molecule has 2 amide bonds. The standard InChI is InChI=1S/C35H30N7O8P/c1-23-36-17-18-41(23)51(46,47)48-20-28-27(50-35(45)26-15-9-4-10-16-26)19-29(49-28)40-22-39-30-31(40)37-21-38-32(30)42(33(43)24-11-5-2-6-12-24)34(44)25-13-7-3-8-14-25/h2-18,21-22,27-29H,19-20H2,1H3,(H,46,47). The third-order valence-corrected chi connectivity index (χ3v) is 9.69. The van der Waals surface area contributed by atoms with Crippen molar-refractivity contribution in [1.29, 1.82) is 0 Å². The first-order valence-corrected chi connectivity index (χ1v) is 17.3. The molecule has 1 aliphatic rings. The first-order valence-electron chi connectivity index (χ1n) is 15.8. The van der Waals surface area contributed by atoms with Gasteiger partial charge in [0.1, 0.15) is 30.6 Å². The van der Waals surface area contributed by atoms with Crippen LogP contribution in [0.3, 0.4) is 0 Å². The molecule has 0 saturated carbocycles. The summed E-state index contributed by atoms with van der Waals surface area (Å²) in [7, 11) is -4.39. The lowest BCUT2D eigenvalue weighted by Gasteiger charge is -2.21. The van der Waals surface area contributed by atoms with E-state index in [4.69, 9.17) is 14.0 Å².